The van der Waals surface area contributed by atoms with Crippen molar-refractivity contribution in [2.75, 3.05) is 0 Å². The largest absolute Gasteiger partial charge is 0.321 e. The fourth-order valence-electron chi connectivity index (χ4n) is 1.85. The number of hydrogen-bond acceptors (Lipinski definition) is 3. The summed E-state index contributed by atoms with van der Waals surface area (Å²) in [6.07, 6.45) is 5.45. The molecule has 0 saturated carbocycles. The van der Waals surface area contributed by atoms with Crippen LogP contribution in [0.1, 0.15) is 35.5 Å². The first-order valence-electron chi connectivity index (χ1n) is 6.31. The van der Waals surface area contributed by atoms with Gasteiger partial charge in [-0.3, -0.25) is 0 Å². The van der Waals surface area contributed by atoms with Crippen molar-refractivity contribution in [1.29, 1.82) is 0 Å². The van der Waals surface area contributed by atoms with Gasteiger partial charge in [-0.05, 0) is 36.5 Å². The van der Waals surface area contributed by atoms with Crippen LogP contribution in [0.25, 0.3) is 0 Å². The Morgan fingerprint density at radius 2 is 1.61 bits per heavy atom. The monoisotopic (exact) mass is 241 g/mol. The van der Waals surface area contributed by atoms with Crippen LogP contribution in [0, 0.1) is 6.92 Å². The fourth-order valence-corrected chi connectivity index (χ4v) is 1.85. The van der Waals surface area contributed by atoms with Crippen LogP contribution < -0.4 is 5.73 Å². The first-order chi connectivity index (χ1) is 8.69. The van der Waals surface area contributed by atoms with E-state index < -0.39 is 0 Å². The molecule has 2 rings (SSSR count). The molecule has 0 radical (unpaired) electrons. The molecule has 94 valence electrons. The molecule has 2 aromatic rings. The number of nitrogens with two attached hydrogens (primary N) is 1. The zero-order valence-corrected chi connectivity index (χ0v) is 10.9. The molecule has 1 atom stereocenters. The molecule has 18 heavy (non-hydrogen) atoms. The Balaban J connectivity index is 2.05. The highest BCUT2D eigenvalue weighted by Gasteiger charge is 2.09. The molecule has 0 saturated heterocycles. The third-order valence-corrected chi connectivity index (χ3v) is 3.02. The minimum absolute atomic E-state index is 0.141. The normalized spacial score (nSPS) is 12.4. The van der Waals surface area contributed by atoms with Crippen LogP contribution in [0.5, 0.6) is 0 Å². The van der Waals surface area contributed by atoms with Gasteiger partial charge >= 0.3 is 0 Å². The predicted molar refractivity (Wildman–Crippen MR) is 73.2 cm³/mol. The minimum Gasteiger partial charge on any atom is -0.321 e. The van der Waals surface area contributed by atoms with Gasteiger partial charge in [0.15, 0.2) is 0 Å². The zero-order valence-electron chi connectivity index (χ0n) is 10.9. The molecule has 3 nitrogen and oxygen atoms in total. The fraction of sp³-hybridized carbons (Fsp3) is 0.333. The quantitative estimate of drug-likeness (QED) is 0.895. The van der Waals surface area contributed by atoms with Gasteiger partial charge in [-0.25, -0.2) is 9.97 Å². The molecule has 1 heterocycles. The Kier molecular flexibility index (Phi) is 4.05. The lowest BCUT2D eigenvalue weighted by atomic mass is 10.0. The summed E-state index contributed by atoms with van der Waals surface area (Å²) in [5, 5.41) is 0. The highest BCUT2D eigenvalue weighted by Crippen LogP contribution is 2.13. The summed E-state index contributed by atoms with van der Waals surface area (Å²) in [6.45, 7) is 4.12. The molecule has 0 aliphatic carbocycles. The second-order valence-corrected chi connectivity index (χ2v) is 4.60. The number of rotatable bonds is 4. The van der Waals surface area contributed by atoms with E-state index in [0.717, 1.165) is 18.4 Å². The van der Waals surface area contributed by atoms with Gasteiger partial charge in [0.2, 0.25) is 0 Å². The molecule has 0 bridgehead atoms. The Morgan fingerprint density at radius 3 is 2.17 bits per heavy atom. The van der Waals surface area contributed by atoms with Crippen LogP contribution in [0.3, 0.4) is 0 Å². The van der Waals surface area contributed by atoms with Crippen LogP contribution in [-0.2, 0) is 12.8 Å². The maximum atomic E-state index is 6.12. The summed E-state index contributed by atoms with van der Waals surface area (Å²) < 4.78 is 0. The van der Waals surface area contributed by atoms with Crippen LogP contribution >= 0.6 is 0 Å². The number of aryl methyl sites for hydroxylation is 2. The Labute approximate surface area is 108 Å². The molecule has 0 aliphatic rings. The molecule has 0 fully saturated rings. The van der Waals surface area contributed by atoms with Crippen LogP contribution in [0.2, 0.25) is 0 Å². The molecule has 2 N–H and O–H groups in total. The maximum absolute atomic E-state index is 6.12. The number of nitrogens with zero attached hydrogens (tertiary/aromatic N) is 2. The van der Waals surface area contributed by atoms with E-state index in [2.05, 4.69) is 41.2 Å². The van der Waals surface area contributed by atoms with Gasteiger partial charge in [0, 0.05) is 12.4 Å². The average molecular weight is 241 g/mol. The number of hydrogen-bond donors (Lipinski definition) is 1. The summed E-state index contributed by atoms with van der Waals surface area (Å²) in [5.74, 6) is 0.708. The van der Waals surface area contributed by atoms with E-state index in [1.165, 1.54) is 11.1 Å². The third kappa shape index (κ3) is 3.14. The second-order valence-electron chi connectivity index (χ2n) is 4.60. The van der Waals surface area contributed by atoms with E-state index in [9.17, 15) is 0 Å². The summed E-state index contributed by atoms with van der Waals surface area (Å²) in [6, 6.07) is 8.42. The SMILES string of the molecule is CCc1ccc(CC(N)c2ncc(C)cn2)cc1. The molecule has 1 aromatic heterocycles. The molecule has 3 heteroatoms. The van der Waals surface area contributed by atoms with E-state index in [0.29, 0.717) is 5.82 Å². The van der Waals surface area contributed by atoms with Crippen molar-refractivity contribution >= 4 is 0 Å². The van der Waals surface area contributed by atoms with Gasteiger partial charge < -0.3 is 5.73 Å². The van der Waals surface area contributed by atoms with Gasteiger partial charge in [0.05, 0.1) is 6.04 Å². The van der Waals surface area contributed by atoms with Crippen molar-refractivity contribution in [3.8, 4) is 0 Å². The molecule has 1 unspecified atom stereocenters. The Bertz CT molecular complexity index is 488. The van der Waals surface area contributed by atoms with Crippen LogP contribution in [0.4, 0.5) is 0 Å². The van der Waals surface area contributed by atoms with Crippen molar-refractivity contribution in [3.05, 3.63) is 59.2 Å². The van der Waals surface area contributed by atoms with Gasteiger partial charge in [-0.1, -0.05) is 31.2 Å². The van der Waals surface area contributed by atoms with Crippen LogP contribution in [-0.4, -0.2) is 9.97 Å². The van der Waals surface area contributed by atoms with Gasteiger partial charge in [-0.2, -0.15) is 0 Å². The summed E-state index contributed by atoms with van der Waals surface area (Å²) in [7, 11) is 0. The van der Waals surface area contributed by atoms with Crippen molar-refractivity contribution in [2.24, 2.45) is 5.73 Å². The van der Waals surface area contributed by atoms with E-state index in [-0.39, 0.29) is 6.04 Å². The lowest BCUT2D eigenvalue weighted by molar-refractivity contribution is 0.665. The molecule has 0 aliphatic heterocycles. The summed E-state index contributed by atoms with van der Waals surface area (Å²) in [5.41, 5.74) is 9.75. The maximum Gasteiger partial charge on any atom is 0.145 e. The summed E-state index contributed by atoms with van der Waals surface area (Å²) in [4.78, 5) is 8.54. The Morgan fingerprint density at radius 1 is 1.06 bits per heavy atom. The third-order valence-electron chi connectivity index (χ3n) is 3.02. The van der Waals surface area contributed by atoms with Crippen molar-refractivity contribution in [1.82, 2.24) is 9.97 Å². The van der Waals surface area contributed by atoms with Crippen LogP contribution in [0.15, 0.2) is 36.7 Å². The van der Waals surface area contributed by atoms with Gasteiger partial charge in [0.25, 0.3) is 0 Å². The summed E-state index contributed by atoms with van der Waals surface area (Å²) >= 11 is 0. The van der Waals surface area contributed by atoms with E-state index >= 15 is 0 Å². The average Bonchev–Trinajstić information content (AvgIpc) is 2.40. The van der Waals surface area contributed by atoms with E-state index in [1.54, 1.807) is 0 Å². The molecular formula is C15H19N3. The topological polar surface area (TPSA) is 51.8 Å². The Hall–Kier alpha value is -1.74. The molecule has 0 spiro atoms. The highest BCUT2D eigenvalue weighted by molar-refractivity contribution is 5.23. The smallest absolute Gasteiger partial charge is 0.145 e. The lowest BCUT2D eigenvalue weighted by Crippen LogP contribution is -2.16. The van der Waals surface area contributed by atoms with E-state index in [1.807, 2.05) is 19.3 Å². The number of benzene rings is 1. The minimum atomic E-state index is -0.141. The first-order valence-corrected chi connectivity index (χ1v) is 6.31. The lowest BCUT2D eigenvalue weighted by Gasteiger charge is -2.10. The predicted octanol–water partition coefficient (Wildman–Crippen LogP) is 2.59. The second kappa shape index (κ2) is 5.74. The van der Waals surface area contributed by atoms with Crippen molar-refractivity contribution in [3.63, 3.8) is 0 Å². The molecule has 1 aromatic carbocycles. The first kappa shape index (κ1) is 12.7. The van der Waals surface area contributed by atoms with Gasteiger partial charge in [-0.15, -0.1) is 0 Å². The molecule has 0 amide bonds. The standard InChI is InChI=1S/C15H19N3/c1-3-12-4-6-13(7-5-12)8-14(16)15-17-9-11(2)10-18-15/h4-7,9-10,14H,3,8,16H2,1-2H3. The number of aromatic nitrogens is 2. The van der Waals surface area contributed by atoms with Gasteiger partial charge in [0.1, 0.15) is 5.82 Å². The molecular weight excluding hydrogens is 222 g/mol. The van der Waals surface area contributed by atoms with Crippen molar-refractivity contribution < 1.29 is 0 Å². The zero-order chi connectivity index (χ0) is 13.0. The van der Waals surface area contributed by atoms with E-state index in [4.69, 9.17) is 5.73 Å². The van der Waals surface area contributed by atoms with Crippen molar-refractivity contribution in [2.45, 2.75) is 32.7 Å². The highest BCUT2D eigenvalue weighted by atomic mass is 14.9.